The molecule has 2 nitrogen and oxygen atoms in total. The van der Waals surface area contributed by atoms with Gasteiger partial charge < -0.3 is 10.5 Å². The summed E-state index contributed by atoms with van der Waals surface area (Å²) in [6, 6.07) is 8.93. The Morgan fingerprint density at radius 1 is 1.12 bits per heavy atom. The van der Waals surface area contributed by atoms with E-state index in [0.717, 1.165) is 5.56 Å². The molecule has 0 saturated carbocycles. The Balaban J connectivity index is 2.46. The van der Waals surface area contributed by atoms with E-state index in [2.05, 4.69) is 0 Å². The second-order valence-corrected chi connectivity index (χ2v) is 3.35. The van der Waals surface area contributed by atoms with Crippen LogP contribution in [0.3, 0.4) is 0 Å². The van der Waals surface area contributed by atoms with Crippen molar-refractivity contribution in [2.75, 3.05) is 6.54 Å². The summed E-state index contributed by atoms with van der Waals surface area (Å²) < 4.78 is 42.1. The minimum atomic E-state index is -3.07. The molecule has 0 bridgehead atoms. The molecule has 16 heavy (non-hydrogen) atoms. The highest BCUT2D eigenvalue weighted by Crippen LogP contribution is 2.14. The first-order valence-corrected chi connectivity index (χ1v) is 4.93. The van der Waals surface area contributed by atoms with Crippen molar-refractivity contribution in [3.05, 3.63) is 35.9 Å². The SMILES string of the molecule is NCC(OCc1ccccc1)C(F)C(F)F. The maximum absolute atomic E-state index is 12.9. The van der Waals surface area contributed by atoms with Gasteiger partial charge in [0.25, 0.3) is 6.43 Å². The molecule has 5 heteroatoms. The molecule has 0 saturated heterocycles. The molecule has 0 aliphatic carbocycles. The Bertz CT molecular complexity index is 295. The third-order valence-electron chi connectivity index (χ3n) is 2.14. The summed E-state index contributed by atoms with van der Waals surface area (Å²) in [5.41, 5.74) is 5.97. The number of halogens is 3. The average Bonchev–Trinajstić information content (AvgIpc) is 2.30. The molecule has 90 valence electrons. The van der Waals surface area contributed by atoms with Crippen molar-refractivity contribution in [1.29, 1.82) is 0 Å². The molecule has 0 spiro atoms. The highest BCUT2D eigenvalue weighted by molar-refractivity contribution is 5.13. The van der Waals surface area contributed by atoms with Gasteiger partial charge in [-0.25, -0.2) is 13.2 Å². The van der Waals surface area contributed by atoms with Crippen LogP contribution in [0.5, 0.6) is 0 Å². The lowest BCUT2D eigenvalue weighted by Gasteiger charge is -2.19. The molecule has 2 N–H and O–H groups in total. The molecule has 0 radical (unpaired) electrons. The summed E-state index contributed by atoms with van der Waals surface area (Å²) in [6.45, 7) is -0.186. The minimum absolute atomic E-state index is 0.0792. The fraction of sp³-hybridized carbons (Fsp3) is 0.455. The minimum Gasteiger partial charge on any atom is -0.369 e. The Kier molecular flexibility index (Phi) is 5.28. The smallest absolute Gasteiger partial charge is 0.271 e. The summed E-state index contributed by atoms with van der Waals surface area (Å²) in [6.07, 6.45) is -6.67. The van der Waals surface area contributed by atoms with Gasteiger partial charge in [-0.2, -0.15) is 0 Å². The first-order valence-electron chi connectivity index (χ1n) is 4.93. The van der Waals surface area contributed by atoms with Crippen LogP contribution in [0, 0.1) is 0 Å². The number of hydrogen-bond donors (Lipinski definition) is 1. The molecule has 0 aliphatic heterocycles. The standard InChI is InChI=1S/C11H14F3NO/c12-10(11(13)14)9(6-15)16-7-8-4-2-1-3-5-8/h1-5,9-11H,6-7,15H2. The third-order valence-corrected chi connectivity index (χ3v) is 2.14. The number of alkyl halides is 3. The Labute approximate surface area is 92.2 Å². The maximum Gasteiger partial charge on any atom is 0.271 e. The molecule has 0 aromatic heterocycles. The van der Waals surface area contributed by atoms with Crippen molar-refractivity contribution in [1.82, 2.24) is 0 Å². The van der Waals surface area contributed by atoms with Gasteiger partial charge >= 0.3 is 0 Å². The molecular weight excluding hydrogens is 219 g/mol. The lowest BCUT2D eigenvalue weighted by molar-refractivity contribution is -0.0667. The number of nitrogens with two attached hydrogens (primary N) is 1. The van der Waals surface area contributed by atoms with E-state index in [1.807, 2.05) is 6.07 Å². The maximum atomic E-state index is 12.9. The van der Waals surface area contributed by atoms with Crippen LogP contribution in [0.4, 0.5) is 13.2 Å². The van der Waals surface area contributed by atoms with Crippen molar-refractivity contribution in [2.24, 2.45) is 5.73 Å². The predicted octanol–water partition coefficient (Wildman–Crippen LogP) is 2.13. The molecule has 2 atom stereocenters. The molecule has 2 unspecified atom stereocenters. The van der Waals surface area contributed by atoms with Crippen LogP contribution in [-0.4, -0.2) is 25.2 Å². The zero-order valence-electron chi connectivity index (χ0n) is 8.65. The first-order chi connectivity index (χ1) is 7.65. The summed E-state index contributed by atoms with van der Waals surface area (Å²) in [7, 11) is 0. The zero-order valence-corrected chi connectivity index (χ0v) is 8.65. The first kappa shape index (κ1) is 13.0. The summed E-state index contributed by atoms with van der Waals surface area (Å²) in [5.74, 6) is 0. The lowest BCUT2D eigenvalue weighted by Crippen LogP contribution is -2.37. The van der Waals surface area contributed by atoms with E-state index in [-0.39, 0.29) is 13.2 Å². The van der Waals surface area contributed by atoms with E-state index >= 15 is 0 Å². The predicted molar refractivity (Wildman–Crippen MR) is 55.0 cm³/mol. The van der Waals surface area contributed by atoms with Gasteiger partial charge in [-0.05, 0) is 5.56 Å². The number of rotatable bonds is 6. The van der Waals surface area contributed by atoms with Gasteiger partial charge in [0.1, 0.15) is 6.10 Å². The number of benzene rings is 1. The van der Waals surface area contributed by atoms with Crippen molar-refractivity contribution in [2.45, 2.75) is 25.3 Å². The Hall–Kier alpha value is -1.07. The number of hydrogen-bond acceptors (Lipinski definition) is 2. The second kappa shape index (κ2) is 6.50. The fourth-order valence-corrected chi connectivity index (χ4v) is 1.23. The molecule has 0 aliphatic rings. The van der Waals surface area contributed by atoms with Gasteiger partial charge in [0.2, 0.25) is 0 Å². The zero-order chi connectivity index (χ0) is 12.0. The van der Waals surface area contributed by atoms with Gasteiger partial charge in [-0.1, -0.05) is 30.3 Å². The van der Waals surface area contributed by atoms with Gasteiger partial charge in [-0.15, -0.1) is 0 Å². The summed E-state index contributed by atoms with van der Waals surface area (Å²) >= 11 is 0. The lowest BCUT2D eigenvalue weighted by atomic mass is 10.2. The van der Waals surface area contributed by atoms with Gasteiger partial charge in [0.05, 0.1) is 6.61 Å². The number of ether oxygens (including phenoxy) is 1. The van der Waals surface area contributed by atoms with Crippen LogP contribution in [0.25, 0.3) is 0 Å². The summed E-state index contributed by atoms with van der Waals surface area (Å²) in [5, 5.41) is 0. The average molecular weight is 233 g/mol. The van der Waals surface area contributed by atoms with Crippen molar-refractivity contribution in [3.8, 4) is 0 Å². The molecule has 1 rings (SSSR count). The molecular formula is C11H14F3NO. The molecule has 0 amide bonds. The van der Waals surface area contributed by atoms with Crippen molar-refractivity contribution in [3.63, 3.8) is 0 Å². The van der Waals surface area contributed by atoms with Gasteiger partial charge in [0, 0.05) is 6.54 Å². The second-order valence-electron chi connectivity index (χ2n) is 3.35. The molecule has 0 fully saturated rings. The van der Waals surface area contributed by atoms with Gasteiger partial charge in [-0.3, -0.25) is 0 Å². The van der Waals surface area contributed by atoms with E-state index in [0.29, 0.717) is 0 Å². The fourth-order valence-electron chi connectivity index (χ4n) is 1.23. The van der Waals surface area contributed by atoms with E-state index < -0.39 is 18.7 Å². The molecule has 0 heterocycles. The van der Waals surface area contributed by atoms with E-state index in [4.69, 9.17) is 10.5 Å². The van der Waals surface area contributed by atoms with Gasteiger partial charge in [0.15, 0.2) is 6.17 Å². The quantitative estimate of drug-likeness (QED) is 0.817. The van der Waals surface area contributed by atoms with Crippen LogP contribution >= 0.6 is 0 Å². The van der Waals surface area contributed by atoms with Crippen LogP contribution < -0.4 is 5.73 Å². The van der Waals surface area contributed by atoms with Crippen LogP contribution in [0.1, 0.15) is 5.56 Å². The molecule has 1 aromatic rings. The Morgan fingerprint density at radius 3 is 2.25 bits per heavy atom. The highest BCUT2D eigenvalue weighted by Gasteiger charge is 2.29. The van der Waals surface area contributed by atoms with Crippen LogP contribution in [-0.2, 0) is 11.3 Å². The van der Waals surface area contributed by atoms with E-state index in [1.54, 1.807) is 24.3 Å². The van der Waals surface area contributed by atoms with Crippen molar-refractivity contribution >= 4 is 0 Å². The van der Waals surface area contributed by atoms with Crippen LogP contribution in [0.2, 0.25) is 0 Å². The Morgan fingerprint density at radius 2 is 1.75 bits per heavy atom. The largest absolute Gasteiger partial charge is 0.369 e. The normalized spacial score (nSPS) is 15.1. The van der Waals surface area contributed by atoms with Crippen LogP contribution in [0.15, 0.2) is 30.3 Å². The highest BCUT2D eigenvalue weighted by atomic mass is 19.3. The topological polar surface area (TPSA) is 35.2 Å². The monoisotopic (exact) mass is 233 g/mol. The van der Waals surface area contributed by atoms with E-state index in [1.165, 1.54) is 0 Å². The third kappa shape index (κ3) is 3.83. The van der Waals surface area contributed by atoms with Crippen molar-refractivity contribution < 1.29 is 17.9 Å². The summed E-state index contributed by atoms with van der Waals surface area (Å²) in [4.78, 5) is 0. The molecule has 1 aromatic carbocycles. The van der Waals surface area contributed by atoms with E-state index in [9.17, 15) is 13.2 Å².